The Morgan fingerprint density at radius 2 is 2.20 bits per heavy atom. The van der Waals surface area contributed by atoms with Crippen LogP contribution in [0.25, 0.3) is 0 Å². The van der Waals surface area contributed by atoms with Crippen molar-refractivity contribution in [2.24, 2.45) is 0 Å². The highest BCUT2D eigenvalue weighted by atomic mass is 19.1. The first-order valence-electron chi connectivity index (χ1n) is 6.43. The number of hydrogen-bond donors (Lipinski definition) is 1. The lowest BCUT2D eigenvalue weighted by molar-refractivity contribution is -0.145. The van der Waals surface area contributed by atoms with Gasteiger partial charge in [0, 0.05) is 20.2 Å². The summed E-state index contributed by atoms with van der Waals surface area (Å²) >= 11 is 0. The van der Waals surface area contributed by atoms with Crippen LogP contribution in [0.2, 0.25) is 0 Å². The summed E-state index contributed by atoms with van der Waals surface area (Å²) in [6.45, 7) is 3.51. The summed E-state index contributed by atoms with van der Waals surface area (Å²) in [6.07, 6.45) is 0. The number of rotatable bonds is 9. The predicted octanol–water partition coefficient (Wildman–Crippen LogP) is 1.50. The molecule has 0 amide bonds. The van der Waals surface area contributed by atoms with E-state index in [2.05, 4.69) is 5.32 Å². The van der Waals surface area contributed by atoms with Gasteiger partial charge in [-0.05, 0) is 24.6 Å². The molecule has 0 spiro atoms. The molecule has 6 heteroatoms. The molecule has 0 aliphatic rings. The molecule has 1 aromatic carbocycles. The summed E-state index contributed by atoms with van der Waals surface area (Å²) in [7, 11) is 1.62. The molecule has 1 rings (SSSR count). The summed E-state index contributed by atoms with van der Waals surface area (Å²) in [5.41, 5.74) is 0.794. The minimum atomic E-state index is -0.516. The highest BCUT2D eigenvalue weighted by Gasteiger charge is 2.08. The molecule has 0 heterocycles. The van der Waals surface area contributed by atoms with Crippen LogP contribution in [-0.2, 0) is 20.8 Å². The molecule has 112 valence electrons. The maximum absolute atomic E-state index is 13.7. The third kappa shape index (κ3) is 5.99. The van der Waals surface area contributed by atoms with Gasteiger partial charge in [-0.15, -0.1) is 0 Å². The van der Waals surface area contributed by atoms with E-state index in [1.807, 2.05) is 0 Å². The summed E-state index contributed by atoms with van der Waals surface area (Å²) in [5.74, 6) is -0.976. The normalized spacial score (nSPS) is 10.3. The van der Waals surface area contributed by atoms with Gasteiger partial charge in [0.05, 0.1) is 13.2 Å². The first-order chi connectivity index (χ1) is 9.67. The SMILES string of the molecule is CCOC(=O)COc1ccc(CNCCOC)cc1F. The molecule has 1 N–H and O–H groups in total. The van der Waals surface area contributed by atoms with E-state index in [0.717, 1.165) is 5.56 Å². The standard InChI is InChI=1S/C14H20FNO4/c1-3-19-14(17)10-20-13-5-4-11(8-12(13)15)9-16-6-7-18-2/h4-5,8,16H,3,6-7,9-10H2,1-2H3. The molecule has 0 saturated carbocycles. The summed E-state index contributed by atoms with van der Waals surface area (Å²) < 4.78 is 28.4. The Hall–Kier alpha value is -1.66. The minimum absolute atomic E-state index is 0.0405. The monoisotopic (exact) mass is 285 g/mol. The fourth-order valence-corrected chi connectivity index (χ4v) is 1.52. The summed E-state index contributed by atoms with van der Waals surface area (Å²) in [6, 6.07) is 4.62. The van der Waals surface area contributed by atoms with Crippen molar-refractivity contribution in [1.29, 1.82) is 0 Å². The highest BCUT2D eigenvalue weighted by molar-refractivity contribution is 5.71. The zero-order valence-electron chi connectivity index (χ0n) is 11.8. The molecule has 0 radical (unpaired) electrons. The van der Waals surface area contributed by atoms with E-state index < -0.39 is 11.8 Å². The van der Waals surface area contributed by atoms with Crippen molar-refractivity contribution in [3.8, 4) is 5.75 Å². The van der Waals surface area contributed by atoms with Gasteiger partial charge in [0.1, 0.15) is 0 Å². The quantitative estimate of drug-likeness (QED) is 0.550. The fourth-order valence-electron chi connectivity index (χ4n) is 1.52. The van der Waals surface area contributed by atoms with Gasteiger partial charge < -0.3 is 19.5 Å². The lowest BCUT2D eigenvalue weighted by Crippen LogP contribution is -2.18. The molecule has 0 bridgehead atoms. The van der Waals surface area contributed by atoms with Gasteiger partial charge in [0.2, 0.25) is 0 Å². The van der Waals surface area contributed by atoms with Crippen LogP contribution in [0.5, 0.6) is 5.75 Å². The molecule has 1 aromatic rings. The van der Waals surface area contributed by atoms with Gasteiger partial charge in [0.25, 0.3) is 0 Å². The largest absolute Gasteiger partial charge is 0.479 e. The van der Waals surface area contributed by atoms with Crippen LogP contribution in [0.4, 0.5) is 4.39 Å². The second-order valence-corrected chi connectivity index (χ2v) is 4.03. The Balaban J connectivity index is 2.44. The predicted molar refractivity (Wildman–Crippen MR) is 72.1 cm³/mol. The van der Waals surface area contributed by atoms with Crippen LogP contribution in [0, 0.1) is 5.82 Å². The van der Waals surface area contributed by atoms with Gasteiger partial charge in [-0.1, -0.05) is 6.07 Å². The van der Waals surface area contributed by atoms with Crippen molar-refractivity contribution in [2.75, 3.05) is 33.5 Å². The van der Waals surface area contributed by atoms with Crippen LogP contribution in [-0.4, -0.2) is 39.4 Å². The molecular weight excluding hydrogens is 265 g/mol. The summed E-state index contributed by atoms with van der Waals surface area (Å²) in [4.78, 5) is 11.1. The van der Waals surface area contributed by atoms with Crippen molar-refractivity contribution in [3.05, 3.63) is 29.6 Å². The number of carbonyl (C=O) groups excluding carboxylic acids is 1. The maximum Gasteiger partial charge on any atom is 0.344 e. The molecule has 0 saturated heterocycles. The van der Waals surface area contributed by atoms with Gasteiger partial charge in [0.15, 0.2) is 18.2 Å². The fraction of sp³-hybridized carbons (Fsp3) is 0.500. The maximum atomic E-state index is 13.7. The van der Waals surface area contributed by atoms with Crippen molar-refractivity contribution >= 4 is 5.97 Å². The van der Waals surface area contributed by atoms with Crippen molar-refractivity contribution in [2.45, 2.75) is 13.5 Å². The Morgan fingerprint density at radius 1 is 1.40 bits per heavy atom. The lowest BCUT2D eigenvalue weighted by Gasteiger charge is -2.09. The first-order valence-corrected chi connectivity index (χ1v) is 6.43. The summed E-state index contributed by atoms with van der Waals surface area (Å²) in [5, 5.41) is 3.11. The topological polar surface area (TPSA) is 56.8 Å². The average Bonchev–Trinajstić information content (AvgIpc) is 2.43. The van der Waals surface area contributed by atoms with E-state index >= 15 is 0 Å². The number of carbonyl (C=O) groups is 1. The Bertz CT molecular complexity index is 426. The van der Waals surface area contributed by atoms with E-state index in [9.17, 15) is 9.18 Å². The number of hydrogen-bond acceptors (Lipinski definition) is 5. The molecule has 0 aliphatic carbocycles. The smallest absolute Gasteiger partial charge is 0.344 e. The second kappa shape index (κ2) is 9.28. The van der Waals surface area contributed by atoms with Crippen molar-refractivity contribution < 1.29 is 23.4 Å². The molecule has 0 aromatic heterocycles. The van der Waals surface area contributed by atoms with Gasteiger partial charge in [-0.2, -0.15) is 0 Å². The number of benzene rings is 1. The highest BCUT2D eigenvalue weighted by Crippen LogP contribution is 2.18. The second-order valence-electron chi connectivity index (χ2n) is 4.03. The van der Waals surface area contributed by atoms with Crippen molar-refractivity contribution in [3.63, 3.8) is 0 Å². The number of nitrogens with one attached hydrogen (secondary N) is 1. The van der Waals surface area contributed by atoms with E-state index in [1.54, 1.807) is 20.1 Å². The third-order valence-electron chi connectivity index (χ3n) is 2.46. The van der Waals surface area contributed by atoms with E-state index in [4.69, 9.17) is 14.2 Å². The first kappa shape index (κ1) is 16.4. The van der Waals surface area contributed by atoms with E-state index in [-0.39, 0.29) is 19.0 Å². The van der Waals surface area contributed by atoms with Crippen LogP contribution in [0.3, 0.4) is 0 Å². The van der Waals surface area contributed by atoms with Crippen LogP contribution in [0.1, 0.15) is 12.5 Å². The molecule has 5 nitrogen and oxygen atoms in total. The molecule has 20 heavy (non-hydrogen) atoms. The van der Waals surface area contributed by atoms with Gasteiger partial charge in [-0.25, -0.2) is 9.18 Å². The van der Waals surface area contributed by atoms with Crippen LogP contribution >= 0.6 is 0 Å². The molecule has 0 fully saturated rings. The lowest BCUT2D eigenvalue weighted by atomic mass is 10.2. The van der Waals surface area contributed by atoms with E-state index in [1.165, 1.54) is 12.1 Å². The Morgan fingerprint density at radius 3 is 2.85 bits per heavy atom. The molecular formula is C14H20FNO4. The van der Waals surface area contributed by atoms with Crippen LogP contribution in [0.15, 0.2) is 18.2 Å². The average molecular weight is 285 g/mol. The number of methoxy groups -OCH3 is 1. The Kier molecular flexibility index (Phi) is 7.60. The van der Waals surface area contributed by atoms with Gasteiger partial charge in [-0.3, -0.25) is 0 Å². The van der Waals surface area contributed by atoms with Gasteiger partial charge >= 0.3 is 5.97 Å². The van der Waals surface area contributed by atoms with Crippen molar-refractivity contribution in [1.82, 2.24) is 5.32 Å². The minimum Gasteiger partial charge on any atom is -0.479 e. The Labute approximate surface area is 118 Å². The molecule has 0 atom stereocenters. The zero-order chi connectivity index (χ0) is 14.8. The van der Waals surface area contributed by atoms with Crippen LogP contribution < -0.4 is 10.1 Å². The number of ether oxygens (including phenoxy) is 3. The molecule has 0 aliphatic heterocycles. The molecule has 0 unspecified atom stereocenters. The number of esters is 1. The number of halogens is 1. The third-order valence-corrected chi connectivity index (χ3v) is 2.46. The van der Waals surface area contributed by atoms with E-state index in [0.29, 0.717) is 19.7 Å². The zero-order valence-corrected chi connectivity index (χ0v) is 11.8.